The molecule has 0 aromatic carbocycles. The minimum atomic E-state index is 0.558. The maximum atomic E-state index is 5.86. The molecule has 0 amide bonds. The highest BCUT2D eigenvalue weighted by Gasteiger charge is 2.11. The number of hydrogen-bond acceptors (Lipinski definition) is 3. The number of nitrogens with zero attached hydrogens (tertiary/aromatic N) is 5. The maximum absolute atomic E-state index is 5.86. The van der Waals surface area contributed by atoms with Gasteiger partial charge in [-0.25, -0.2) is 4.98 Å². The third-order valence-electron chi connectivity index (χ3n) is 3.19. The number of halogens is 1. The first-order valence-electron chi connectivity index (χ1n) is 6.11. The molecule has 0 aliphatic carbocycles. The lowest BCUT2D eigenvalue weighted by molar-refractivity contribution is 0.657. The number of aryl methyl sites for hydroxylation is 2. The summed E-state index contributed by atoms with van der Waals surface area (Å²) in [5, 5.41) is 4.20. The normalized spacial score (nSPS) is 11.3. The van der Waals surface area contributed by atoms with Crippen LogP contribution in [0.5, 0.6) is 0 Å². The van der Waals surface area contributed by atoms with Crippen molar-refractivity contribution in [3.05, 3.63) is 42.2 Å². The first-order valence-corrected chi connectivity index (χ1v) is 6.65. The highest BCUT2D eigenvalue weighted by Crippen LogP contribution is 2.17. The lowest BCUT2D eigenvalue weighted by atomic mass is 10.3. The zero-order chi connectivity index (χ0) is 13.2. The summed E-state index contributed by atoms with van der Waals surface area (Å²) in [4.78, 5) is 8.71. The Hall–Kier alpha value is -1.88. The molecule has 6 heteroatoms. The molecule has 0 unspecified atom stereocenters. The van der Waals surface area contributed by atoms with Gasteiger partial charge in [0.2, 0.25) is 0 Å². The van der Waals surface area contributed by atoms with E-state index >= 15 is 0 Å². The Balaban J connectivity index is 2.09. The molecule has 0 fully saturated rings. The summed E-state index contributed by atoms with van der Waals surface area (Å²) in [7, 11) is 1.94. The molecule has 3 aromatic heterocycles. The lowest BCUT2D eigenvalue weighted by Crippen LogP contribution is -2.09. The molecule has 3 rings (SSSR count). The molecule has 0 N–H and O–H groups in total. The van der Waals surface area contributed by atoms with Crippen LogP contribution in [-0.4, -0.2) is 30.2 Å². The summed E-state index contributed by atoms with van der Waals surface area (Å²) in [5.41, 5.74) is 3.12. The average Bonchev–Trinajstić information content (AvgIpc) is 2.96. The van der Waals surface area contributed by atoms with Gasteiger partial charge in [-0.2, -0.15) is 5.10 Å². The summed E-state index contributed by atoms with van der Waals surface area (Å²) in [5.74, 6) is 1.54. The second-order valence-electron chi connectivity index (χ2n) is 4.36. The third kappa shape index (κ3) is 2.21. The van der Waals surface area contributed by atoms with E-state index in [0.717, 1.165) is 35.5 Å². The number of fused-ring (bicyclic) bond motifs is 1. The van der Waals surface area contributed by atoms with E-state index in [1.807, 2.05) is 23.9 Å². The predicted molar refractivity (Wildman–Crippen MR) is 74.3 cm³/mol. The Morgan fingerprint density at radius 3 is 2.89 bits per heavy atom. The molecule has 0 saturated heterocycles. The fourth-order valence-electron chi connectivity index (χ4n) is 2.20. The summed E-state index contributed by atoms with van der Waals surface area (Å²) in [6.45, 7) is 0.739. The molecule has 0 spiro atoms. The Bertz CT molecular complexity index is 700. The van der Waals surface area contributed by atoms with Crippen molar-refractivity contribution in [2.24, 2.45) is 7.05 Å². The van der Waals surface area contributed by atoms with Crippen LogP contribution in [0.15, 0.2) is 30.7 Å². The second-order valence-corrected chi connectivity index (χ2v) is 4.74. The first kappa shape index (κ1) is 12.2. The van der Waals surface area contributed by atoms with Gasteiger partial charge in [0.1, 0.15) is 11.3 Å². The van der Waals surface area contributed by atoms with Gasteiger partial charge in [0, 0.05) is 31.7 Å². The first-order chi connectivity index (χ1) is 9.29. The van der Waals surface area contributed by atoms with Crippen molar-refractivity contribution in [1.82, 2.24) is 24.3 Å². The van der Waals surface area contributed by atoms with E-state index in [4.69, 9.17) is 11.6 Å². The van der Waals surface area contributed by atoms with Crippen LogP contribution in [0.2, 0.25) is 0 Å². The number of aromatic nitrogens is 5. The SMILES string of the molecule is Cn1nccc1Cn1c(CCCl)nc2cnccc21. The van der Waals surface area contributed by atoms with Crippen molar-refractivity contribution in [1.29, 1.82) is 0 Å². The molecule has 0 radical (unpaired) electrons. The van der Waals surface area contributed by atoms with Crippen LogP contribution in [0.1, 0.15) is 11.5 Å². The zero-order valence-corrected chi connectivity index (χ0v) is 11.4. The lowest BCUT2D eigenvalue weighted by Gasteiger charge is -2.08. The van der Waals surface area contributed by atoms with Crippen LogP contribution in [0.25, 0.3) is 11.0 Å². The van der Waals surface area contributed by atoms with Gasteiger partial charge in [0.15, 0.2) is 0 Å². The van der Waals surface area contributed by atoms with Crippen LogP contribution >= 0.6 is 11.6 Å². The maximum Gasteiger partial charge on any atom is 0.111 e. The number of imidazole rings is 1. The van der Waals surface area contributed by atoms with E-state index < -0.39 is 0 Å². The van der Waals surface area contributed by atoms with Gasteiger partial charge in [-0.1, -0.05) is 0 Å². The molecule has 0 bridgehead atoms. The van der Waals surface area contributed by atoms with Crippen molar-refractivity contribution in [3.63, 3.8) is 0 Å². The Kier molecular flexibility index (Phi) is 3.21. The molecule has 98 valence electrons. The molecule has 0 atom stereocenters. The summed E-state index contributed by atoms with van der Waals surface area (Å²) < 4.78 is 4.05. The fourth-order valence-corrected chi connectivity index (χ4v) is 2.37. The smallest absolute Gasteiger partial charge is 0.111 e. The Labute approximate surface area is 115 Å². The van der Waals surface area contributed by atoms with Crippen molar-refractivity contribution in [2.45, 2.75) is 13.0 Å². The number of hydrogen-bond donors (Lipinski definition) is 0. The molecule has 0 saturated carbocycles. The molecule has 3 aromatic rings. The van der Waals surface area contributed by atoms with Gasteiger partial charge in [-0.05, 0) is 12.1 Å². The summed E-state index contributed by atoms with van der Waals surface area (Å²) in [6, 6.07) is 3.99. The minimum absolute atomic E-state index is 0.558. The van der Waals surface area contributed by atoms with Gasteiger partial charge in [0.05, 0.1) is 24.0 Å². The van der Waals surface area contributed by atoms with Crippen molar-refractivity contribution in [3.8, 4) is 0 Å². The zero-order valence-electron chi connectivity index (χ0n) is 10.6. The standard InChI is InChI=1S/C13H14ClN5/c1-18-10(3-7-16-18)9-19-12-4-6-15-8-11(12)17-13(19)2-5-14/h3-4,6-8H,2,5,9H2,1H3. The van der Waals surface area contributed by atoms with E-state index in [9.17, 15) is 0 Å². The van der Waals surface area contributed by atoms with E-state index in [2.05, 4.69) is 19.6 Å². The highest BCUT2D eigenvalue weighted by molar-refractivity contribution is 6.17. The topological polar surface area (TPSA) is 48.5 Å². The Morgan fingerprint density at radius 2 is 2.16 bits per heavy atom. The third-order valence-corrected chi connectivity index (χ3v) is 3.38. The largest absolute Gasteiger partial charge is 0.322 e. The second kappa shape index (κ2) is 5.01. The van der Waals surface area contributed by atoms with E-state index in [1.54, 1.807) is 18.6 Å². The minimum Gasteiger partial charge on any atom is -0.322 e. The van der Waals surface area contributed by atoms with Crippen LogP contribution in [0, 0.1) is 0 Å². The van der Waals surface area contributed by atoms with E-state index in [0.29, 0.717) is 5.88 Å². The van der Waals surface area contributed by atoms with Crippen molar-refractivity contribution in [2.75, 3.05) is 5.88 Å². The Morgan fingerprint density at radius 1 is 1.26 bits per heavy atom. The molecule has 3 heterocycles. The number of pyridine rings is 1. The molecule has 19 heavy (non-hydrogen) atoms. The van der Waals surface area contributed by atoms with Crippen molar-refractivity contribution >= 4 is 22.6 Å². The van der Waals surface area contributed by atoms with Gasteiger partial charge in [-0.3, -0.25) is 9.67 Å². The average molecular weight is 276 g/mol. The van der Waals surface area contributed by atoms with Crippen molar-refractivity contribution < 1.29 is 0 Å². The molecular weight excluding hydrogens is 262 g/mol. The molecule has 0 aliphatic rings. The van der Waals surface area contributed by atoms with Gasteiger partial charge >= 0.3 is 0 Å². The predicted octanol–water partition coefficient (Wildman–Crippen LogP) is 1.99. The summed E-state index contributed by atoms with van der Waals surface area (Å²) >= 11 is 5.86. The van der Waals surface area contributed by atoms with Gasteiger partial charge < -0.3 is 4.57 Å². The molecule has 0 aliphatic heterocycles. The van der Waals surface area contributed by atoms with E-state index in [-0.39, 0.29) is 0 Å². The molecular formula is C13H14ClN5. The van der Waals surface area contributed by atoms with Gasteiger partial charge in [-0.15, -0.1) is 11.6 Å². The highest BCUT2D eigenvalue weighted by atomic mass is 35.5. The quantitative estimate of drug-likeness (QED) is 0.684. The molecule has 5 nitrogen and oxygen atoms in total. The van der Waals surface area contributed by atoms with Crippen LogP contribution in [-0.2, 0) is 20.0 Å². The number of rotatable bonds is 4. The number of alkyl halides is 1. The van der Waals surface area contributed by atoms with Gasteiger partial charge in [0.25, 0.3) is 0 Å². The van der Waals surface area contributed by atoms with Crippen LogP contribution in [0.3, 0.4) is 0 Å². The van der Waals surface area contributed by atoms with Crippen LogP contribution < -0.4 is 0 Å². The summed E-state index contributed by atoms with van der Waals surface area (Å²) in [6.07, 6.45) is 6.12. The fraction of sp³-hybridized carbons (Fsp3) is 0.308. The monoisotopic (exact) mass is 275 g/mol. The van der Waals surface area contributed by atoms with E-state index in [1.165, 1.54) is 0 Å². The van der Waals surface area contributed by atoms with Crippen LogP contribution in [0.4, 0.5) is 0 Å².